The summed E-state index contributed by atoms with van der Waals surface area (Å²) in [6, 6.07) is 8.30. The van der Waals surface area contributed by atoms with Gasteiger partial charge in [0.2, 0.25) is 0 Å². The van der Waals surface area contributed by atoms with Crippen LogP contribution in [0.4, 0.5) is 15.8 Å². The van der Waals surface area contributed by atoms with Crippen LogP contribution in [0.2, 0.25) is 0 Å². The van der Waals surface area contributed by atoms with Crippen LogP contribution >= 0.6 is 0 Å². The van der Waals surface area contributed by atoms with Gasteiger partial charge in [0.15, 0.2) is 0 Å². The number of nitrogen functional groups attached to an aromatic ring is 1. The zero-order chi connectivity index (χ0) is 15.6. The van der Waals surface area contributed by atoms with Crippen molar-refractivity contribution in [2.75, 3.05) is 11.1 Å². The molecule has 2 rings (SSSR count). The summed E-state index contributed by atoms with van der Waals surface area (Å²) < 4.78 is 13.5. The number of halogens is 1. The van der Waals surface area contributed by atoms with E-state index in [1.807, 2.05) is 0 Å². The van der Waals surface area contributed by atoms with Gasteiger partial charge in [0, 0.05) is 16.9 Å². The van der Waals surface area contributed by atoms with Crippen molar-refractivity contribution in [3.05, 3.63) is 58.9 Å². The molecule has 1 amide bonds. The zero-order valence-corrected chi connectivity index (χ0v) is 11.2. The van der Waals surface area contributed by atoms with Crippen LogP contribution in [-0.2, 0) is 0 Å². The second kappa shape index (κ2) is 5.62. The van der Waals surface area contributed by atoms with Gasteiger partial charge in [-0.25, -0.2) is 9.18 Å². The van der Waals surface area contributed by atoms with Crippen LogP contribution in [0.3, 0.4) is 0 Å². The van der Waals surface area contributed by atoms with Crippen molar-refractivity contribution in [3.8, 4) is 0 Å². The second-order valence-electron chi connectivity index (χ2n) is 4.47. The average molecular weight is 288 g/mol. The van der Waals surface area contributed by atoms with Crippen LogP contribution in [0.5, 0.6) is 0 Å². The minimum Gasteiger partial charge on any atom is -0.478 e. The highest BCUT2D eigenvalue weighted by molar-refractivity contribution is 6.06. The molecule has 0 saturated carbocycles. The molecule has 0 bridgehead atoms. The molecule has 0 radical (unpaired) electrons. The Hall–Kier alpha value is -2.89. The number of amides is 1. The van der Waals surface area contributed by atoms with Gasteiger partial charge in [0.1, 0.15) is 5.82 Å². The smallest absolute Gasteiger partial charge is 0.338 e. The Kier molecular flexibility index (Phi) is 3.89. The van der Waals surface area contributed by atoms with E-state index in [2.05, 4.69) is 5.32 Å². The first kappa shape index (κ1) is 14.5. The second-order valence-corrected chi connectivity index (χ2v) is 4.47. The molecule has 0 unspecified atom stereocenters. The van der Waals surface area contributed by atoms with Crippen molar-refractivity contribution >= 4 is 23.3 Å². The third kappa shape index (κ3) is 3.00. The molecular formula is C15H13FN2O3. The summed E-state index contributed by atoms with van der Waals surface area (Å²) in [4.78, 5) is 22.8. The Labute approximate surface area is 120 Å². The summed E-state index contributed by atoms with van der Waals surface area (Å²) in [7, 11) is 0. The van der Waals surface area contributed by atoms with Crippen molar-refractivity contribution in [3.63, 3.8) is 0 Å². The topological polar surface area (TPSA) is 92.4 Å². The Morgan fingerprint density at radius 1 is 1.19 bits per heavy atom. The van der Waals surface area contributed by atoms with Crippen LogP contribution < -0.4 is 11.1 Å². The number of rotatable bonds is 3. The van der Waals surface area contributed by atoms with Crippen molar-refractivity contribution in [1.29, 1.82) is 0 Å². The number of hydrogen-bond acceptors (Lipinski definition) is 3. The van der Waals surface area contributed by atoms with E-state index in [4.69, 9.17) is 10.8 Å². The predicted octanol–water partition coefficient (Wildman–Crippen LogP) is 2.67. The maximum atomic E-state index is 13.5. The largest absolute Gasteiger partial charge is 0.478 e. The van der Waals surface area contributed by atoms with E-state index in [9.17, 15) is 14.0 Å². The third-order valence-corrected chi connectivity index (χ3v) is 3.08. The van der Waals surface area contributed by atoms with Crippen molar-refractivity contribution < 1.29 is 19.1 Å². The van der Waals surface area contributed by atoms with E-state index >= 15 is 0 Å². The Balaban J connectivity index is 2.26. The van der Waals surface area contributed by atoms with Gasteiger partial charge in [0.25, 0.3) is 5.91 Å². The summed E-state index contributed by atoms with van der Waals surface area (Å²) >= 11 is 0. The highest BCUT2D eigenvalue weighted by Gasteiger charge is 2.14. The maximum Gasteiger partial charge on any atom is 0.338 e. The van der Waals surface area contributed by atoms with Gasteiger partial charge < -0.3 is 16.2 Å². The molecule has 6 heteroatoms. The van der Waals surface area contributed by atoms with E-state index in [1.54, 1.807) is 25.1 Å². The van der Waals surface area contributed by atoms with Gasteiger partial charge in [-0.05, 0) is 42.8 Å². The Bertz CT molecular complexity index is 729. The van der Waals surface area contributed by atoms with E-state index in [0.717, 1.165) is 12.1 Å². The van der Waals surface area contributed by atoms with E-state index in [0.29, 0.717) is 16.8 Å². The molecule has 4 N–H and O–H groups in total. The quantitative estimate of drug-likeness (QED) is 0.757. The standard InChI is InChI=1S/C15H13FN2O3/c1-8-10(3-2-4-13(8)17)14(19)18-9-5-6-11(15(20)21)12(16)7-9/h2-7H,17H2,1H3,(H,18,19)(H,20,21). The number of nitrogens with two attached hydrogens (primary N) is 1. The summed E-state index contributed by atoms with van der Waals surface area (Å²) in [5.74, 6) is -2.72. The molecule has 108 valence electrons. The van der Waals surface area contributed by atoms with E-state index in [1.165, 1.54) is 6.07 Å². The van der Waals surface area contributed by atoms with Crippen LogP contribution in [0, 0.1) is 12.7 Å². The molecule has 0 aromatic heterocycles. The van der Waals surface area contributed by atoms with Gasteiger partial charge in [-0.3, -0.25) is 4.79 Å². The summed E-state index contributed by atoms with van der Waals surface area (Å²) in [5.41, 5.74) is 6.92. The molecule has 2 aromatic carbocycles. The number of hydrogen-bond donors (Lipinski definition) is 3. The number of carbonyl (C=O) groups is 2. The van der Waals surface area contributed by atoms with Gasteiger partial charge in [0.05, 0.1) is 5.56 Å². The first-order valence-corrected chi connectivity index (χ1v) is 6.09. The molecule has 5 nitrogen and oxygen atoms in total. The van der Waals surface area contributed by atoms with Crippen molar-refractivity contribution in [1.82, 2.24) is 0 Å². The molecule has 0 fully saturated rings. The number of nitrogens with one attached hydrogen (secondary N) is 1. The Morgan fingerprint density at radius 3 is 2.52 bits per heavy atom. The van der Waals surface area contributed by atoms with Gasteiger partial charge in [-0.1, -0.05) is 6.07 Å². The highest BCUT2D eigenvalue weighted by atomic mass is 19.1. The number of anilines is 2. The SMILES string of the molecule is Cc1c(N)cccc1C(=O)Nc1ccc(C(=O)O)c(F)c1. The zero-order valence-electron chi connectivity index (χ0n) is 11.2. The van der Waals surface area contributed by atoms with Crippen LogP contribution in [0.15, 0.2) is 36.4 Å². The van der Waals surface area contributed by atoms with E-state index < -0.39 is 23.3 Å². The molecular weight excluding hydrogens is 275 g/mol. The molecule has 0 atom stereocenters. The summed E-state index contributed by atoms with van der Waals surface area (Å²) in [6.07, 6.45) is 0. The van der Waals surface area contributed by atoms with Crippen molar-refractivity contribution in [2.45, 2.75) is 6.92 Å². The van der Waals surface area contributed by atoms with Gasteiger partial charge in [-0.2, -0.15) is 0 Å². The number of benzene rings is 2. The minimum atomic E-state index is -1.36. The lowest BCUT2D eigenvalue weighted by atomic mass is 10.1. The minimum absolute atomic E-state index is 0.171. The first-order chi connectivity index (χ1) is 9.90. The van der Waals surface area contributed by atoms with Crippen molar-refractivity contribution in [2.24, 2.45) is 0 Å². The van der Waals surface area contributed by atoms with Gasteiger partial charge >= 0.3 is 5.97 Å². The van der Waals surface area contributed by atoms with E-state index in [-0.39, 0.29) is 5.69 Å². The third-order valence-electron chi connectivity index (χ3n) is 3.08. The molecule has 21 heavy (non-hydrogen) atoms. The van der Waals surface area contributed by atoms with Crippen LogP contribution in [-0.4, -0.2) is 17.0 Å². The summed E-state index contributed by atoms with van der Waals surface area (Å²) in [6.45, 7) is 1.71. The normalized spacial score (nSPS) is 10.2. The molecule has 0 aliphatic carbocycles. The molecule has 0 spiro atoms. The molecule has 0 aliphatic heterocycles. The molecule has 2 aromatic rings. The number of carboxylic acids is 1. The lowest BCUT2D eigenvalue weighted by molar-refractivity contribution is 0.0692. The predicted molar refractivity (Wildman–Crippen MR) is 76.9 cm³/mol. The molecule has 0 heterocycles. The average Bonchev–Trinajstić information content (AvgIpc) is 2.41. The number of carboxylic acid groups (broad SMARTS) is 1. The fraction of sp³-hybridized carbons (Fsp3) is 0.0667. The lowest BCUT2D eigenvalue weighted by Gasteiger charge is -2.10. The van der Waals surface area contributed by atoms with Gasteiger partial charge in [-0.15, -0.1) is 0 Å². The fourth-order valence-electron chi connectivity index (χ4n) is 1.86. The first-order valence-electron chi connectivity index (χ1n) is 6.09. The number of aromatic carboxylic acids is 1. The van der Waals surface area contributed by atoms with Crippen LogP contribution in [0.1, 0.15) is 26.3 Å². The fourth-order valence-corrected chi connectivity index (χ4v) is 1.86. The number of carbonyl (C=O) groups excluding carboxylic acids is 1. The monoisotopic (exact) mass is 288 g/mol. The van der Waals surface area contributed by atoms with Crippen LogP contribution in [0.25, 0.3) is 0 Å². The molecule has 0 aliphatic rings. The summed E-state index contributed by atoms with van der Waals surface area (Å²) in [5, 5.41) is 11.2. The highest BCUT2D eigenvalue weighted by Crippen LogP contribution is 2.19. The Morgan fingerprint density at radius 2 is 1.90 bits per heavy atom. The molecule has 0 saturated heterocycles. The lowest BCUT2D eigenvalue weighted by Crippen LogP contribution is -2.14. The maximum absolute atomic E-state index is 13.5.